The lowest BCUT2D eigenvalue weighted by atomic mass is 9.79. The molecule has 1 fully saturated rings. The van der Waals surface area contributed by atoms with E-state index in [0.29, 0.717) is 5.92 Å². The van der Waals surface area contributed by atoms with E-state index in [-0.39, 0.29) is 0 Å². The van der Waals surface area contributed by atoms with E-state index in [9.17, 15) is 4.79 Å². The van der Waals surface area contributed by atoms with E-state index in [1.54, 1.807) is 6.92 Å². The third-order valence-corrected chi connectivity index (χ3v) is 3.36. The number of benzene rings is 1. The second-order valence-electron chi connectivity index (χ2n) is 4.36. The Morgan fingerprint density at radius 3 is 2.73 bits per heavy atom. The molecule has 1 aromatic carbocycles. The molecular formula is C13H16O2. The van der Waals surface area contributed by atoms with Crippen LogP contribution in [0.2, 0.25) is 0 Å². The summed E-state index contributed by atoms with van der Waals surface area (Å²) in [5.74, 6) is -0.475. The number of carboxylic acid groups (broad SMARTS) is 1. The fourth-order valence-electron chi connectivity index (χ4n) is 1.97. The third-order valence-electron chi connectivity index (χ3n) is 3.36. The highest BCUT2D eigenvalue weighted by atomic mass is 16.4. The van der Waals surface area contributed by atoms with Gasteiger partial charge in [-0.05, 0) is 36.8 Å². The van der Waals surface area contributed by atoms with Crippen molar-refractivity contribution in [1.82, 2.24) is 0 Å². The zero-order chi connectivity index (χ0) is 10.8. The second-order valence-corrected chi connectivity index (χ2v) is 4.36. The zero-order valence-corrected chi connectivity index (χ0v) is 8.94. The summed E-state index contributed by atoms with van der Waals surface area (Å²) >= 11 is 0. The predicted molar refractivity (Wildman–Crippen MR) is 59.1 cm³/mol. The molecule has 2 nitrogen and oxygen atoms in total. The van der Waals surface area contributed by atoms with Crippen LogP contribution in [0, 0.1) is 0 Å². The fraction of sp³-hybridized carbons (Fsp3) is 0.462. The average Bonchev–Trinajstić information content (AvgIpc) is 2.14. The van der Waals surface area contributed by atoms with Gasteiger partial charge >= 0.3 is 5.97 Å². The maximum absolute atomic E-state index is 10.9. The highest BCUT2D eigenvalue weighted by Crippen LogP contribution is 2.37. The molecule has 1 aliphatic rings. The Morgan fingerprint density at radius 2 is 2.20 bits per heavy atom. The van der Waals surface area contributed by atoms with Gasteiger partial charge in [0.15, 0.2) is 0 Å². The van der Waals surface area contributed by atoms with Gasteiger partial charge in [0.1, 0.15) is 0 Å². The van der Waals surface area contributed by atoms with Crippen molar-refractivity contribution in [3.63, 3.8) is 0 Å². The van der Waals surface area contributed by atoms with Crippen molar-refractivity contribution in [2.24, 2.45) is 0 Å². The smallest absolute Gasteiger partial charge is 0.310 e. The molecule has 0 heterocycles. The van der Waals surface area contributed by atoms with Crippen molar-refractivity contribution in [3.05, 3.63) is 35.4 Å². The molecule has 0 bridgehead atoms. The third kappa shape index (κ3) is 2.04. The first-order valence-electron chi connectivity index (χ1n) is 5.51. The molecule has 0 radical (unpaired) electrons. The highest BCUT2D eigenvalue weighted by molar-refractivity contribution is 5.75. The van der Waals surface area contributed by atoms with Crippen LogP contribution in [-0.4, -0.2) is 11.1 Å². The quantitative estimate of drug-likeness (QED) is 0.821. The number of rotatable bonds is 3. The van der Waals surface area contributed by atoms with Gasteiger partial charge in [0.25, 0.3) is 0 Å². The minimum atomic E-state index is -0.749. The van der Waals surface area contributed by atoms with Gasteiger partial charge in [-0.1, -0.05) is 30.7 Å². The van der Waals surface area contributed by atoms with Crippen LogP contribution in [-0.2, 0) is 4.79 Å². The molecule has 1 unspecified atom stereocenters. The minimum Gasteiger partial charge on any atom is -0.481 e. The van der Waals surface area contributed by atoms with Crippen molar-refractivity contribution in [2.75, 3.05) is 0 Å². The molecule has 0 aromatic heterocycles. The van der Waals surface area contributed by atoms with E-state index in [4.69, 9.17) is 5.11 Å². The molecular weight excluding hydrogens is 188 g/mol. The number of carboxylic acids is 1. The Bertz CT molecular complexity index is 367. The first-order valence-corrected chi connectivity index (χ1v) is 5.51. The Kier molecular flexibility index (Phi) is 2.76. The summed E-state index contributed by atoms with van der Waals surface area (Å²) in [5, 5.41) is 8.94. The van der Waals surface area contributed by atoms with Crippen LogP contribution < -0.4 is 0 Å². The van der Waals surface area contributed by atoms with Gasteiger partial charge in [-0.2, -0.15) is 0 Å². The molecule has 2 heteroatoms. The maximum atomic E-state index is 10.9. The van der Waals surface area contributed by atoms with Crippen molar-refractivity contribution in [3.8, 4) is 0 Å². The average molecular weight is 204 g/mol. The number of aliphatic carboxylic acids is 1. The Balaban J connectivity index is 2.21. The van der Waals surface area contributed by atoms with Crippen molar-refractivity contribution >= 4 is 5.97 Å². The topological polar surface area (TPSA) is 37.3 Å². The monoisotopic (exact) mass is 204 g/mol. The predicted octanol–water partition coefficient (Wildman–Crippen LogP) is 3.14. The maximum Gasteiger partial charge on any atom is 0.310 e. The first kappa shape index (κ1) is 10.2. The van der Waals surface area contributed by atoms with Crippen LogP contribution in [0.4, 0.5) is 0 Å². The molecule has 0 saturated heterocycles. The lowest BCUT2D eigenvalue weighted by Crippen LogP contribution is -2.11. The van der Waals surface area contributed by atoms with Gasteiger partial charge in [-0.25, -0.2) is 0 Å². The molecule has 80 valence electrons. The van der Waals surface area contributed by atoms with Crippen molar-refractivity contribution in [1.29, 1.82) is 0 Å². The summed E-state index contributed by atoms with van der Waals surface area (Å²) in [6.07, 6.45) is 3.82. The lowest BCUT2D eigenvalue weighted by Gasteiger charge is -2.26. The summed E-state index contributed by atoms with van der Waals surface area (Å²) in [6.45, 7) is 1.74. The van der Waals surface area contributed by atoms with E-state index in [1.165, 1.54) is 24.8 Å². The van der Waals surface area contributed by atoms with Crippen molar-refractivity contribution in [2.45, 2.75) is 38.0 Å². The molecule has 0 amide bonds. The number of hydrogen-bond acceptors (Lipinski definition) is 1. The van der Waals surface area contributed by atoms with Gasteiger partial charge < -0.3 is 5.11 Å². The van der Waals surface area contributed by atoms with Crippen LogP contribution in [0.15, 0.2) is 24.3 Å². The van der Waals surface area contributed by atoms with Gasteiger partial charge in [0, 0.05) is 0 Å². The summed E-state index contributed by atoms with van der Waals surface area (Å²) < 4.78 is 0. The molecule has 2 rings (SSSR count). The first-order chi connectivity index (χ1) is 7.18. The van der Waals surface area contributed by atoms with E-state index >= 15 is 0 Å². The van der Waals surface area contributed by atoms with Crippen LogP contribution in [0.3, 0.4) is 0 Å². The van der Waals surface area contributed by atoms with Crippen molar-refractivity contribution < 1.29 is 9.90 Å². The largest absolute Gasteiger partial charge is 0.481 e. The van der Waals surface area contributed by atoms with Gasteiger partial charge in [0.05, 0.1) is 5.92 Å². The van der Waals surface area contributed by atoms with E-state index < -0.39 is 11.9 Å². The van der Waals surface area contributed by atoms with E-state index in [1.807, 2.05) is 12.1 Å². The fourth-order valence-corrected chi connectivity index (χ4v) is 1.97. The molecule has 1 atom stereocenters. The lowest BCUT2D eigenvalue weighted by molar-refractivity contribution is -0.138. The van der Waals surface area contributed by atoms with Crippen LogP contribution >= 0.6 is 0 Å². The molecule has 15 heavy (non-hydrogen) atoms. The molecule has 0 aliphatic heterocycles. The molecule has 1 N–H and O–H groups in total. The Morgan fingerprint density at radius 1 is 1.47 bits per heavy atom. The zero-order valence-electron chi connectivity index (χ0n) is 8.94. The normalized spacial score (nSPS) is 18.2. The van der Waals surface area contributed by atoms with E-state index in [0.717, 1.165) is 5.56 Å². The van der Waals surface area contributed by atoms with Crippen LogP contribution in [0.25, 0.3) is 0 Å². The summed E-state index contributed by atoms with van der Waals surface area (Å²) in [7, 11) is 0. The van der Waals surface area contributed by atoms with Crippen LogP contribution in [0.1, 0.15) is 49.1 Å². The standard InChI is InChI=1S/C13H16O2/c1-9(13(14)15)11-6-3-7-12(8-11)10-4-2-5-10/h3,6-10H,2,4-5H2,1H3,(H,14,15). The summed E-state index contributed by atoms with van der Waals surface area (Å²) in [6, 6.07) is 8.05. The Labute approximate surface area is 89.9 Å². The van der Waals surface area contributed by atoms with Gasteiger partial charge in [-0.3, -0.25) is 4.79 Å². The molecule has 0 spiro atoms. The minimum absolute atomic E-state index is 0.398. The Hall–Kier alpha value is -1.31. The summed E-state index contributed by atoms with van der Waals surface area (Å²) in [4.78, 5) is 10.9. The summed E-state index contributed by atoms with van der Waals surface area (Å²) in [5.41, 5.74) is 2.23. The molecule has 1 aliphatic carbocycles. The SMILES string of the molecule is CC(C(=O)O)c1cccc(C2CCC2)c1. The number of hydrogen-bond donors (Lipinski definition) is 1. The molecule has 1 aromatic rings. The van der Waals surface area contributed by atoms with Gasteiger partial charge in [-0.15, -0.1) is 0 Å². The number of carbonyl (C=O) groups is 1. The molecule has 1 saturated carbocycles. The second kappa shape index (κ2) is 4.05. The van der Waals surface area contributed by atoms with Gasteiger partial charge in [0.2, 0.25) is 0 Å². The van der Waals surface area contributed by atoms with E-state index in [2.05, 4.69) is 12.1 Å². The highest BCUT2D eigenvalue weighted by Gasteiger charge is 2.21. The van der Waals surface area contributed by atoms with Crippen LogP contribution in [0.5, 0.6) is 0 Å².